The van der Waals surface area contributed by atoms with Gasteiger partial charge >= 0.3 is 0 Å². The van der Waals surface area contributed by atoms with Crippen LogP contribution >= 0.6 is 11.8 Å². The molecule has 41 heavy (non-hydrogen) atoms. The van der Waals surface area contributed by atoms with Crippen LogP contribution in [0.2, 0.25) is 0 Å². The van der Waals surface area contributed by atoms with Gasteiger partial charge in [0.1, 0.15) is 35.6 Å². The average molecular weight is 595 g/mol. The van der Waals surface area contributed by atoms with Crippen molar-refractivity contribution in [3.63, 3.8) is 0 Å². The van der Waals surface area contributed by atoms with Crippen molar-refractivity contribution < 1.29 is 34.7 Å². The fourth-order valence-corrected chi connectivity index (χ4v) is 10.8. The van der Waals surface area contributed by atoms with Gasteiger partial charge in [-0.05, 0) is 105 Å². The molecule has 7 nitrogen and oxygen atoms in total. The molecule has 4 N–H and O–H groups in total. The van der Waals surface area contributed by atoms with Gasteiger partial charge in [0.25, 0.3) is 0 Å². The van der Waals surface area contributed by atoms with Crippen molar-refractivity contribution in [3.05, 3.63) is 11.6 Å². The number of aliphatic hydroxyl groups excluding tert-OH is 4. The molecular weight excluding hydrogens is 540 g/mol. The van der Waals surface area contributed by atoms with E-state index in [0.29, 0.717) is 23.2 Å². The zero-order chi connectivity index (χ0) is 29.4. The topological polar surface area (TPSA) is 116 Å². The number of Topliss-reactive ketones (excluding diaryl/α,β-unsaturated/α-hetero) is 1. The molecule has 0 aromatic rings. The van der Waals surface area contributed by atoms with Crippen LogP contribution in [0.5, 0.6) is 0 Å². The summed E-state index contributed by atoms with van der Waals surface area (Å²) in [6.07, 6.45) is 11.9. The first-order chi connectivity index (χ1) is 19.6. The number of carbonyl (C=O) groups excluding carboxylic acids is 1. The van der Waals surface area contributed by atoms with Crippen molar-refractivity contribution in [2.75, 3.05) is 19.0 Å². The molecule has 1 heterocycles. The van der Waals surface area contributed by atoms with E-state index in [1.54, 1.807) is 5.57 Å². The van der Waals surface area contributed by atoms with Crippen molar-refractivity contribution in [2.24, 2.45) is 34.5 Å². The van der Waals surface area contributed by atoms with Crippen LogP contribution < -0.4 is 0 Å². The minimum absolute atomic E-state index is 0.216. The summed E-state index contributed by atoms with van der Waals surface area (Å²) in [4.78, 5) is 12.4. The molecule has 3 saturated carbocycles. The van der Waals surface area contributed by atoms with Crippen LogP contribution in [0.3, 0.4) is 0 Å². The second-order valence-electron chi connectivity index (χ2n) is 14.3. The average Bonchev–Trinajstić information content (AvgIpc) is 3.32. The Bertz CT molecular complexity index is 941. The van der Waals surface area contributed by atoms with Gasteiger partial charge < -0.3 is 29.9 Å². The van der Waals surface area contributed by atoms with Crippen molar-refractivity contribution in [1.29, 1.82) is 0 Å². The Kier molecular flexibility index (Phi) is 10.3. The van der Waals surface area contributed by atoms with E-state index in [2.05, 4.69) is 19.9 Å². The van der Waals surface area contributed by atoms with Gasteiger partial charge in [0.2, 0.25) is 0 Å². The lowest BCUT2D eigenvalue weighted by atomic mass is 9.47. The van der Waals surface area contributed by atoms with Gasteiger partial charge in [0.05, 0.1) is 12.7 Å². The lowest BCUT2D eigenvalue weighted by molar-refractivity contribution is -0.205. The van der Waals surface area contributed by atoms with Crippen LogP contribution in [-0.2, 0) is 14.3 Å². The molecule has 0 radical (unpaired) electrons. The molecule has 8 heteroatoms. The molecule has 4 aliphatic carbocycles. The SMILES string of the molecule is CC(=O)[C@H]1CC[C@H]2[C@@H]3CC=C4CC(OCCCCCCS[C@@H]5O[C@H](CO)[C@@H](O)[C@H](O)[C@@H]5O)CC[C@]4(C)[C@H]3CC[C@]12C. The van der Waals surface area contributed by atoms with Crippen molar-refractivity contribution in [2.45, 2.75) is 134 Å². The third-order valence-electron chi connectivity index (χ3n) is 12.1. The van der Waals surface area contributed by atoms with Gasteiger partial charge in [-0.2, -0.15) is 0 Å². The molecule has 0 bridgehead atoms. The van der Waals surface area contributed by atoms with Crippen LogP contribution in [0.4, 0.5) is 0 Å². The Labute approximate surface area is 250 Å². The molecule has 1 saturated heterocycles. The molecule has 5 aliphatic rings. The fourth-order valence-electron chi connectivity index (χ4n) is 9.65. The summed E-state index contributed by atoms with van der Waals surface area (Å²) < 4.78 is 12.0. The van der Waals surface area contributed by atoms with E-state index < -0.39 is 29.9 Å². The number of carbonyl (C=O) groups is 1. The second kappa shape index (κ2) is 13.3. The Hall–Kier alpha value is -0.480. The molecule has 4 fully saturated rings. The first-order valence-corrected chi connectivity index (χ1v) is 17.4. The second-order valence-corrected chi connectivity index (χ2v) is 15.5. The standard InChI is InChI=1S/C33H54O7S/c1-20(35)24-10-11-25-23-9-8-21-18-22(12-14-32(21,2)26(23)13-15-33(24,25)3)39-16-6-4-5-7-17-41-31-30(38)29(37)28(36)27(19-34)40-31/h8,22-31,34,36-38H,4-7,9-19H2,1-3H3/t22?,23-,24+,25-,26-,27+,28+,29-,30-,31-,32-,33+/m0/s1. The molecule has 12 atom stereocenters. The zero-order valence-corrected chi connectivity index (χ0v) is 26.2. The highest BCUT2D eigenvalue weighted by molar-refractivity contribution is 7.99. The maximum atomic E-state index is 12.4. The molecule has 1 unspecified atom stereocenters. The highest BCUT2D eigenvalue weighted by Gasteiger charge is 2.59. The monoisotopic (exact) mass is 594 g/mol. The van der Waals surface area contributed by atoms with Crippen LogP contribution in [-0.4, -0.2) is 81.1 Å². The maximum Gasteiger partial charge on any atom is 0.133 e. The third-order valence-corrected chi connectivity index (χ3v) is 13.3. The van der Waals surface area contributed by atoms with E-state index in [9.17, 15) is 25.2 Å². The fraction of sp³-hybridized carbons (Fsp3) is 0.909. The number of rotatable bonds is 11. The maximum absolute atomic E-state index is 12.4. The molecule has 0 spiro atoms. The van der Waals surface area contributed by atoms with Crippen LogP contribution in [0.25, 0.3) is 0 Å². The van der Waals surface area contributed by atoms with E-state index in [1.165, 1.54) is 43.9 Å². The Balaban J connectivity index is 1.01. The van der Waals surface area contributed by atoms with Crippen LogP contribution in [0.1, 0.15) is 97.8 Å². The van der Waals surface area contributed by atoms with E-state index in [-0.39, 0.29) is 17.9 Å². The largest absolute Gasteiger partial charge is 0.394 e. The molecule has 5 rings (SSSR count). The number of hydrogen-bond acceptors (Lipinski definition) is 8. The first-order valence-electron chi connectivity index (χ1n) is 16.3. The van der Waals surface area contributed by atoms with E-state index in [1.807, 2.05) is 6.92 Å². The number of ether oxygens (including phenoxy) is 2. The number of hydrogen-bond donors (Lipinski definition) is 4. The summed E-state index contributed by atoms with van der Waals surface area (Å²) in [5, 5.41) is 39.4. The minimum Gasteiger partial charge on any atom is -0.394 e. The van der Waals surface area contributed by atoms with Crippen LogP contribution in [0, 0.1) is 34.5 Å². The predicted octanol–water partition coefficient (Wildman–Crippen LogP) is 4.63. The summed E-state index contributed by atoms with van der Waals surface area (Å²) in [5.74, 6) is 3.68. The number of thioether (sulfide) groups is 1. The summed E-state index contributed by atoms with van der Waals surface area (Å²) >= 11 is 1.43. The smallest absolute Gasteiger partial charge is 0.133 e. The molecule has 0 amide bonds. The van der Waals surface area contributed by atoms with Gasteiger partial charge in [-0.25, -0.2) is 0 Å². The van der Waals surface area contributed by atoms with Crippen LogP contribution in [0.15, 0.2) is 11.6 Å². The zero-order valence-electron chi connectivity index (χ0n) is 25.4. The minimum atomic E-state index is -1.30. The summed E-state index contributed by atoms with van der Waals surface area (Å²) in [6.45, 7) is 7.20. The number of fused-ring (bicyclic) bond motifs is 5. The Morgan fingerprint density at radius 2 is 1.78 bits per heavy atom. The number of unbranched alkanes of at least 4 members (excludes halogenated alkanes) is 3. The summed E-state index contributed by atoms with van der Waals surface area (Å²) in [7, 11) is 0. The molecule has 1 aliphatic heterocycles. The normalized spacial score (nSPS) is 45.9. The van der Waals surface area contributed by atoms with Gasteiger partial charge in [-0.15, -0.1) is 11.8 Å². The van der Waals surface area contributed by atoms with E-state index in [0.717, 1.165) is 69.1 Å². The van der Waals surface area contributed by atoms with Gasteiger partial charge in [0.15, 0.2) is 0 Å². The molecule has 234 valence electrons. The molecular formula is C33H54O7S. The van der Waals surface area contributed by atoms with Crippen molar-refractivity contribution >= 4 is 17.5 Å². The van der Waals surface area contributed by atoms with Crippen molar-refractivity contribution in [1.82, 2.24) is 0 Å². The van der Waals surface area contributed by atoms with E-state index in [4.69, 9.17) is 9.47 Å². The molecule has 0 aromatic heterocycles. The Morgan fingerprint density at radius 3 is 2.54 bits per heavy atom. The van der Waals surface area contributed by atoms with E-state index >= 15 is 0 Å². The molecule has 0 aromatic carbocycles. The quantitative estimate of drug-likeness (QED) is 0.202. The predicted molar refractivity (Wildman–Crippen MR) is 160 cm³/mol. The number of aliphatic hydroxyl groups is 4. The number of allylic oxidation sites excluding steroid dienone is 1. The first kappa shape index (κ1) is 31.9. The van der Waals surface area contributed by atoms with Gasteiger partial charge in [-0.1, -0.05) is 38.3 Å². The van der Waals surface area contributed by atoms with Crippen molar-refractivity contribution in [3.8, 4) is 0 Å². The third kappa shape index (κ3) is 6.23. The summed E-state index contributed by atoms with van der Waals surface area (Å²) in [5.41, 5.74) is 1.53. The lowest BCUT2D eigenvalue weighted by Gasteiger charge is -2.58. The van der Waals surface area contributed by atoms with Gasteiger partial charge in [-0.3, -0.25) is 4.79 Å². The lowest BCUT2D eigenvalue weighted by Crippen LogP contribution is -2.57. The summed E-state index contributed by atoms with van der Waals surface area (Å²) in [6, 6.07) is 0. The highest BCUT2D eigenvalue weighted by Crippen LogP contribution is 2.66. The highest BCUT2D eigenvalue weighted by atomic mass is 32.2. The van der Waals surface area contributed by atoms with Gasteiger partial charge in [0, 0.05) is 12.5 Å². The Morgan fingerprint density at radius 1 is 1.00 bits per heavy atom. The number of ketones is 1.